The van der Waals surface area contributed by atoms with Crippen LogP contribution in [0.2, 0.25) is 0 Å². The standard InChI is InChI=1S/C12H17NO2/c1-9-3-4-11(10(2)7-9)8-15-6-5-12(13)14/h3-4,7H,5-6,8H2,1-2H3,(H2,13,14). The predicted molar refractivity (Wildman–Crippen MR) is 59.4 cm³/mol. The summed E-state index contributed by atoms with van der Waals surface area (Å²) in [5, 5.41) is 0. The van der Waals surface area contributed by atoms with Crippen molar-refractivity contribution in [3.05, 3.63) is 34.9 Å². The highest BCUT2D eigenvalue weighted by atomic mass is 16.5. The smallest absolute Gasteiger partial charge is 0.219 e. The van der Waals surface area contributed by atoms with Crippen LogP contribution in [-0.4, -0.2) is 12.5 Å². The fourth-order valence-electron chi connectivity index (χ4n) is 1.36. The van der Waals surface area contributed by atoms with E-state index in [2.05, 4.69) is 32.0 Å². The van der Waals surface area contributed by atoms with Crippen molar-refractivity contribution in [3.63, 3.8) is 0 Å². The topological polar surface area (TPSA) is 52.3 Å². The zero-order valence-electron chi connectivity index (χ0n) is 9.25. The molecule has 1 aromatic rings. The molecule has 0 saturated carbocycles. The SMILES string of the molecule is Cc1ccc(COCCC(N)=O)c(C)c1. The molecule has 0 aliphatic heterocycles. The summed E-state index contributed by atoms with van der Waals surface area (Å²) in [5.74, 6) is -0.323. The Morgan fingerprint density at radius 1 is 1.40 bits per heavy atom. The van der Waals surface area contributed by atoms with Crippen LogP contribution in [0.15, 0.2) is 18.2 Å². The average molecular weight is 207 g/mol. The summed E-state index contributed by atoms with van der Waals surface area (Å²) >= 11 is 0. The highest BCUT2D eigenvalue weighted by Gasteiger charge is 1.99. The van der Waals surface area contributed by atoms with Crippen LogP contribution in [0.3, 0.4) is 0 Å². The van der Waals surface area contributed by atoms with Crippen molar-refractivity contribution in [3.8, 4) is 0 Å². The van der Waals surface area contributed by atoms with Crippen LogP contribution in [0.25, 0.3) is 0 Å². The quantitative estimate of drug-likeness (QED) is 0.747. The number of carbonyl (C=O) groups excluding carboxylic acids is 1. The number of nitrogens with two attached hydrogens (primary N) is 1. The van der Waals surface area contributed by atoms with Crippen LogP contribution in [0.4, 0.5) is 0 Å². The monoisotopic (exact) mass is 207 g/mol. The summed E-state index contributed by atoms with van der Waals surface area (Å²) < 4.78 is 5.35. The van der Waals surface area contributed by atoms with Gasteiger partial charge in [0.2, 0.25) is 5.91 Å². The van der Waals surface area contributed by atoms with Gasteiger partial charge in [0.1, 0.15) is 0 Å². The highest BCUT2D eigenvalue weighted by Crippen LogP contribution is 2.11. The molecule has 15 heavy (non-hydrogen) atoms. The van der Waals surface area contributed by atoms with Gasteiger partial charge < -0.3 is 10.5 Å². The van der Waals surface area contributed by atoms with Gasteiger partial charge in [0.05, 0.1) is 13.2 Å². The molecule has 0 spiro atoms. The second kappa shape index (κ2) is 5.51. The van der Waals surface area contributed by atoms with E-state index in [1.807, 2.05) is 0 Å². The molecule has 82 valence electrons. The zero-order chi connectivity index (χ0) is 11.3. The average Bonchev–Trinajstić information content (AvgIpc) is 2.14. The highest BCUT2D eigenvalue weighted by molar-refractivity contribution is 5.73. The van der Waals surface area contributed by atoms with Crippen molar-refractivity contribution in [2.45, 2.75) is 26.9 Å². The normalized spacial score (nSPS) is 10.3. The van der Waals surface area contributed by atoms with Gasteiger partial charge >= 0.3 is 0 Å². The van der Waals surface area contributed by atoms with Crippen molar-refractivity contribution in [1.82, 2.24) is 0 Å². The van der Waals surface area contributed by atoms with Gasteiger partial charge in [-0.3, -0.25) is 4.79 Å². The number of hydrogen-bond donors (Lipinski definition) is 1. The molecular weight excluding hydrogens is 190 g/mol. The first-order chi connectivity index (χ1) is 7.09. The van der Waals surface area contributed by atoms with Crippen LogP contribution in [0.5, 0.6) is 0 Å². The Labute approximate surface area is 90.2 Å². The van der Waals surface area contributed by atoms with Gasteiger partial charge in [0, 0.05) is 6.42 Å². The number of amides is 1. The number of rotatable bonds is 5. The van der Waals surface area contributed by atoms with E-state index in [-0.39, 0.29) is 12.3 Å². The van der Waals surface area contributed by atoms with E-state index in [0.717, 1.165) is 5.56 Å². The fraction of sp³-hybridized carbons (Fsp3) is 0.417. The van der Waals surface area contributed by atoms with Crippen LogP contribution in [0.1, 0.15) is 23.1 Å². The largest absolute Gasteiger partial charge is 0.376 e. The fourth-order valence-corrected chi connectivity index (χ4v) is 1.36. The maximum atomic E-state index is 10.5. The van der Waals surface area contributed by atoms with Crippen LogP contribution in [-0.2, 0) is 16.1 Å². The molecule has 0 radical (unpaired) electrons. The molecule has 1 rings (SSSR count). The Balaban J connectivity index is 2.40. The number of aryl methyl sites for hydroxylation is 2. The van der Waals surface area contributed by atoms with Crippen molar-refractivity contribution in [2.75, 3.05) is 6.61 Å². The van der Waals surface area contributed by atoms with Crippen molar-refractivity contribution in [2.24, 2.45) is 5.73 Å². The third-order valence-corrected chi connectivity index (χ3v) is 2.25. The number of benzene rings is 1. The molecule has 1 amide bonds. The van der Waals surface area contributed by atoms with Gasteiger partial charge in [-0.2, -0.15) is 0 Å². The van der Waals surface area contributed by atoms with Gasteiger partial charge in [0.15, 0.2) is 0 Å². The van der Waals surface area contributed by atoms with Gasteiger partial charge in [-0.25, -0.2) is 0 Å². The molecule has 3 heteroatoms. The first-order valence-electron chi connectivity index (χ1n) is 5.02. The van der Waals surface area contributed by atoms with E-state index >= 15 is 0 Å². The summed E-state index contributed by atoms with van der Waals surface area (Å²) in [7, 11) is 0. The summed E-state index contributed by atoms with van der Waals surface area (Å²) in [6, 6.07) is 6.22. The maximum absolute atomic E-state index is 10.5. The molecule has 0 atom stereocenters. The molecule has 0 unspecified atom stereocenters. The number of carbonyl (C=O) groups is 1. The zero-order valence-corrected chi connectivity index (χ0v) is 9.25. The van der Waals surface area contributed by atoms with Crippen molar-refractivity contribution in [1.29, 1.82) is 0 Å². The Morgan fingerprint density at radius 2 is 2.13 bits per heavy atom. The van der Waals surface area contributed by atoms with Gasteiger partial charge in [-0.05, 0) is 25.0 Å². The molecule has 0 saturated heterocycles. The Morgan fingerprint density at radius 3 is 2.73 bits per heavy atom. The lowest BCUT2D eigenvalue weighted by Crippen LogP contribution is -2.13. The molecule has 0 aliphatic rings. The summed E-state index contributed by atoms with van der Waals surface area (Å²) in [5.41, 5.74) is 8.62. The minimum atomic E-state index is -0.323. The Hall–Kier alpha value is -1.35. The first-order valence-corrected chi connectivity index (χ1v) is 5.02. The Bertz CT molecular complexity index is 347. The van der Waals surface area contributed by atoms with E-state index in [1.54, 1.807) is 0 Å². The Kier molecular flexibility index (Phi) is 4.31. The molecule has 3 nitrogen and oxygen atoms in total. The summed E-state index contributed by atoms with van der Waals surface area (Å²) in [6.45, 7) is 5.05. The molecule has 0 aromatic heterocycles. The summed E-state index contributed by atoms with van der Waals surface area (Å²) in [6.07, 6.45) is 0.283. The van der Waals surface area contributed by atoms with E-state index < -0.39 is 0 Å². The molecule has 1 aromatic carbocycles. The van der Waals surface area contributed by atoms with Crippen LogP contribution < -0.4 is 5.73 Å². The maximum Gasteiger partial charge on any atom is 0.219 e. The number of primary amides is 1. The van der Waals surface area contributed by atoms with E-state index in [9.17, 15) is 4.79 Å². The molecule has 0 bridgehead atoms. The predicted octanol–water partition coefficient (Wildman–Crippen LogP) is 1.70. The van der Waals surface area contributed by atoms with E-state index in [4.69, 9.17) is 10.5 Å². The van der Waals surface area contributed by atoms with E-state index in [1.165, 1.54) is 11.1 Å². The summed E-state index contributed by atoms with van der Waals surface area (Å²) in [4.78, 5) is 10.5. The lowest BCUT2D eigenvalue weighted by Gasteiger charge is -2.07. The molecule has 0 aliphatic carbocycles. The lowest BCUT2D eigenvalue weighted by atomic mass is 10.1. The molecule has 0 heterocycles. The third-order valence-electron chi connectivity index (χ3n) is 2.25. The van der Waals surface area contributed by atoms with Gasteiger partial charge in [-0.15, -0.1) is 0 Å². The first kappa shape index (κ1) is 11.7. The lowest BCUT2D eigenvalue weighted by molar-refractivity contribution is -0.119. The van der Waals surface area contributed by atoms with Gasteiger partial charge in [0.25, 0.3) is 0 Å². The minimum Gasteiger partial charge on any atom is -0.376 e. The van der Waals surface area contributed by atoms with Crippen LogP contribution in [0, 0.1) is 13.8 Å². The van der Waals surface area contributed by atoms with Crippen LogP contribution >= 0.6 is 0 Å². The minimum absolute atomic E-state index is 0.283. The molecular formula is C12H17NO2. The van der Waals surface area contributed by atoms with E-state index in [0.29, 0.717) is 13.2 Å². The second-order valence-electron chi connectivity index (χ2n) is 3.70. The van der Waals surface area contributed by atoms with Crippen molar-refractivity contribution >= 4 is 5.91 Å². The van der Waals surface area contributed by atoms with Crippen molar-refractivity contribution < 1.29 is 9.53 Å². The molecule has 2 N–H and O–H groups in total. The second-order valence-corrected chi connectivity index (χ2v) is 3.70. The number of ether oxygens (including phenoxy) is 1. The number of hydrogen-bond acceptors (Lipinski definition) is 2. The molecule has 0 fully saturated rings. The van der Waals surface area contributed by atoms with Gasteiger partial charge in [-0.1, -0.05) is 23.8 Å². The third kappa shape index (κ3) is 4.13.